The Bertz CT molecular complexity index is 730. The van der Waals surface area contributed by atoms with Crippen molar-refractivity contribution in [1.29, 1.82) is 0 Å². The predicted molar refractivity (Wildman–Crippen MR) is 77.4 cm³/mol. The van der Waals surface area contributed by atoms with Crippen molar-refractivity contribution in [2.24, 2.45) is 10.8 Å². The van der Waals surface area contributed by atoms with Crippen LogP contribution in [0.1, 0.15) is 11.1 Å². The van der Waals surface area contributed by atoms with Crippen LogP contribution in [0.5, 0.6) is 5.75 Å². The number of urea groups is 1. The molecule has 2 aromatic rings. The monoisotopic (exact) mass is 323 g/mol. The first-order valence-electron chi connectivity index (χ1n) is 6.40. The fourth-order valence-corrected chi connectivity index (χ4v) is 1.76. The highest BCUT2D eigenvalue weighted by Crippen LogP contribution is 2.20. The lowest BCUT2D eigenvalue weighted by molar-refractivity contribution is 0.249. The quantitative estimate of drug-likeness (QED) is 0.655. The number of carbonyl (C=O) groups excluding carboxylic acids is 1. The summed E-state index contributed by atoms with van der Waals surface area (Å²) in [6.45, 7) is -0.178. The zero-order valence-electron chi connectivity index (χ0n) is 11.7. The van der Waals surface area contributed by atoms with Gasteiger partial charge in [0.05, 0.1) is 6.21 Å². The zero-order chi connectivity index (χ0) is 16.8. The summed E-state index contributed by atoms with van der Waals surface area (Å²) in [5, 5.41) is 3.54. The van der Waals surface area contributed by atoms with Crippen LogP contribution in [0.15, 0.2) is 41.5 Å². The molecule has 120 valence electrons. The number of nitrogens with two attached hydrogens (primary N) is 1. The minimum atomic E-state index is -0.860. The molecule has 2 amide bonds. The fourth-order valence-electron chi connectivity index (χ4n) is 1.76. The van der Waals surface area contributed by atoms with Crippen LogP contribution in [0, 0.1) is 17.5 Å². The van der Waals surface area contributed by atoms with Crippen molar-refractivity contribution in [1.82, 2.24) is 5.43 Å². The van der Waals surface area contributed by atoms with Crippen LogP contribution < -0.4 is 15.9 Å². The molecular weight excluding hydrogens is 311 g/mol. The Morgan fingerprint density at radius 1 is 1.13 bits per heavy atom. The van der Waals surface area contributed by atoms with Crippen LogP contribution in [-0.2, 0) is 6.61 Å². The third-order valence-electron chi connectivity index (χ3n) is 2.67. The van der Waals surface area contributed by atoms with Crippen molar-refractivity contribution in [3.63, 3.8) is 0 Å². The van der Waals surface area contributed by atoms with Crippen LogP contribution in [0.4, 0.5) is 18.0 Å². The summed E-state index contributed by atoms with van der Waals surface area (Å²) in [5.41, 5.74) is 7.43. The van der Waals surface area contributed by atoms with E-state index in [9.17, 15) is 18.0 Å². The van der Waals surface area contributed by atoms with Crippen molar-refractivity contribution >= 4 is 12.2 Å². The van der Waals surface area contributed by atoms with Gasteiger partial charge in [-0.3, -0.25) is 0 Å². The van der Waals surface area contributed by atoms with Crippen molar-refractivity contribution in [3.05, 3.63) is 65.0 Å². The molecule has 0 aliphatic rings. The number of nitrogens with one attached hydrogen (secondary N) is 1. The maximum absolute atomic E-state index is 13.3. The minimum absolute atomic E-state index is 0.0877. The number of hydrogen-bond acceptors (Lipinski definition) is 3. The SMILES string of the molecule is NC(=O)NN=Cc1ccc(F)cc1OCc1cc(F)cc(F)c1. The van der Waals surface area contributed by atoms with E-state index in [2.05, 4.69) is 5.10 Å². The fraction of sp³-hybridized carbons (Fsp3) is 0.0667. The van der Waals surface area contributed by atoms with E-state index in [0.29, 0.717) is 5.56 Å². The topological polar surface area (TPSA) is 76.7 Å². The molecule has 0 unspecified atom stereocenters. The molecule has 0 heterocycles. The van der Waals surface area contributed by atoms with E-state index in [-0.39, 0.29) is 17.9 Å². The molecule has 3 N–H and O–H groups in total. The molecule has 0 saturated carbocycles. The van der Waals surface area contributed by atoms with E-state index in [4.69, 9.17) is 10.5 Å². The maximum Gasteiger partial charge on any atom is 0.332 e. The lowest BCUT2D eigenvalue weighted by Gasteiger charge is -2.09. The highest BCUT2D eigenvalue weighted by molar-refractivity contribution is 5.84. The maximum atomic E-state index is 13.3. The number of ether oxygens (including phenoxy) is 1. The number of benzene rings is 2. The van der Waals surface area contributed by atoms with Gasteiger partial charge < -0.3 is 10.5 Å². The van der Waals surface area contributed by atoms with E-state index < -0.39 is 23.5 Å². The molecule has 0 radical (unpaired) electrons. The number of primary amides is 1. The molecule has 2 rings (SSSR count). The van der Waals surface area contributed by atoms with Crippen LogP contribution in [0.3, 0.4) is 0 Å². The molecule has 0 spiro atoms. The minimum Gasteiger partial charge on any atom is -0.488 e. The van der Waals surface area contributed by atoms with Gasteiger partial charge in [0.2, 0.25) is 0 Å². The normalized spacial score (nSPS) is 10.7. The van der Waals surface area contributed by atoms with Crippen LogP contribution in [0.2, 0.25) is 0 Å². The molecule has 0 aliphatic heterocycles. The number of nitrogens with zero attached hydrogens (tertiary/aromatic N) is 1. The van der Waals surface area contributed by atoms with Crippen molar-refractivity contribution < 1.29 is 22.7 Å². The number of halogens is 3. The summed E-state index contributed by atoms with van der Waals surface area (Å²) >= 11 is 0. The molecule has 0 aliphatic carbocycles. The molecule has 0 aromatic heterocycles. The van der Waals surface area contributed by atoms with Crippen LogP contribution in [-0.4, -0.2) is 12.2 Å². The Kier molecular flexibility index (Phi) is 5.19. The summed E-state index contributed by atoms with van der Waals surface area (Å²) in [4.78, 5) is 10.5. The Morgan fingerprint density at radius 2 is 1.83 bits per heavy atom. The third-order valence-corrected chi connectivity index (χ3v) is 2.67. The van der Waals surface area contributed by atoms with Gasteiger partial charge in [0, 0.05) is 17.7 Å². The molecule has 2 aromatic carbocycles. The van der Waals surface area contributed by atoms with E-state index in [1.165, 1.54) is 18.3 Å². The number of rotatable bonds is 5. The van der Waals surface area contributed by atoms with Crippen LogP contribution >= 0.6 is 0 Å². The van der Waals surface area contributed by atoms with Gasteiger partial charge in [0.1, 0.15) is 29.8 Å². The molecular formula is C15H12F3N3O2. The second kappa shape index (κ2) is 7.30. The molecule has 0 atom stereocenters. The zero-order valence-corrected chi connectivity index (χ0v) is 11.7. The number of hydrogen-bond donors (Lipinski definition) is 2. The summed E-state index contributed by atoms with van der Waals surface area (Å²) < 4.78 is 44.9. The van der Waals surface area contributed by atoms with Gasteiger partial charge in [0.15, 0.2) is 0 Å². The predicted octanol–water partition coefficient (Wildman–Crippen LogP) is 2.69. The van der Waals surface area contributed by atoms with E-state index in [1.54, 1.807) is 0 Å². The molecule has 8 heteroatoms. The molecule has 0 saturated heterocycles. The summed E-state index contributed by atoms with van der Waals surface area (Å²) in [7, 11) is 0. The smallest absolute Gasteiger partial charge is 0.332 e. The third kappa shape index (κ3) is 5.03. The highest BCUT2D eigenvalue weighted by atomic mass is 19.1. The van der Waals surface area contributed by atoms with Gasteiger partial charge in [0.25, 0.3) is 0 Å². The lowest BCUT2D eigenvalue weighted by Crippen LogP contribution is -2.24. The van der Waals surface area contributed by atoms with Gasteiger partial charge in [-0.15, -0.1) is 0 Å². The summed E-state index contributed by atoms with van der Waals surface area (Å²) in [6.07, 6.45) is 1.20. The molecule has 23 heavy (non-hydrogen) atoms. The second-order valence-corrected chi connectivity index (χ2v) is 4.48. The Labute approximate surface area is 129 Å². The number of hydrazone groups is 1. The van der Waals surface area contributed by atoms with Gasteiger partial charge in [-0.25, -0.2) is 23.4 Å². The highest BCUT2D eigenvalue weighted by Gasteiger charge is 2.06. The Balaban J connectivity index is 2.16. The van der Waals surface area contributed by atoms with Gasteiger partial charge >= 0.3 is 6.03 Å². The molecule has 0 fully saturated rings. The van der Waals surface area contributed by atoms with Gasteiger partial charge in [-0.2, -0.15) is 5.10 Å². The van der Waals surface area contributed by atoms with Crippen molar-refractivity contribution in [2.45, 2.75) is 6.61 Å². The first-order valence-corrected chi connectivity index (χ1v) is 6.40. The second-order valence-electron chi connectivity index (χ2n) is 4.48. The van der Waals surface area contributed by atoms with E-state index in [1.807, 2.05) is 5.43 Å². The standard InChI is InChI=1S/C15H12F3N3O2/c16-11-2-1-10(7-20-21-15(19)22)14(6-11)23-8-9-3-12(17)5-13(18)4-9/h1-7H,8H2,(H3,19,21,22). The summed E-state index contributed by atoms with van der Waals surface area (Å²) in [5.74, 6) is -1.96. The van der Waals surface area contributed by atoms with Crippen molar-refractivity contribution in [2.75, 3.05) is 0 Å². The van der Waals surface area contributed by atoms with Crippen molar-refractivity contribution in [3.8, 4) is 5.75 Å². The first kappa shape index (κ1) is 16.3. The number of amides is 2. The Hall–Kier alpha value is -3.03. The van der Waals surface area contributed by atoms with Gasteiger partial charge in [-0.05, 0) is 29.8 Å². The largest absolute Gasteiger partial charge is 0.488 e. The summed E-state index contributed by atoms with van der Waals surface area (Å²) in [6, 6.07) is 5.69. The Morgan fingerprint density at radius 3 is 2.48 bits per heavy atom. The first-order chi connectivity index (χ1) is 10.9. The average molecular weight is 323 g/mol. The van der Waals surface area contributed by atoms with Crippen LogP contribution in [0.25, 0.3) is 0 Å². The lowest BCUT2D eigenvalue weighted by atomic mass is 10.2. The molecule has 0 bridgehead atoms. The van der Waals surface area contributed by atoms with Gasteiger partial charge in [-0.1, -0.05) is 0 Å². The average Bonchev–Trinajstić information content (AvgIpc) is 2.45. The molecule has 5 nitrogen and oxygen atoms in total. The van der Waals surface area contributed by atoms with E-state index >= 15 is 0 Å². The van der Waals surface area contributed by atoms with E-state index in [0.717, 1.165) is 24.3 Å². The number of carbonyl (C=O) groups is 1.